The summed E-state index contributed by atoms with van der Waals surface area (Å²) >= 11 is 1.48. The summed E-state index contributed by atoms with van der Waals surface area (Å²) in [5, 5.41) is 0. The maximum Gasteiger partial charge on any atom is 0.232 e. The lowest BCUT2D eigenvalue weighted by atomic mass is 10.1. The first kappa shape index (κ1) is 18.0. The number of nitrogens with zero attached hydrogens (tertiary/aromatic N) is 1. The molecule has 1 fully saturated rings. The van der Waals surface area contributed by atoms with Gasteiger partial charge >= 0.3 is 0 Å². The fourth-order valence-corrected chi connectivity index (χ4v) is 5.50. The maximum atomic E-state index is 12.3. The molecule has 0 bridgehead atoms. The minimum absolute atomic E-state index is 0.0285. The Morgan fingerprint density at radius 2 is 1.72 bits per heavy atom. The molecule has 2 aromatic rings. The molecule has 4 nitrogen and oxygen atoms in total. The molecule has 6 heteroatoms. The maximum absolute atomic E-state index is 12.3. The predicted octanol–water partition coefficient (Wildman–Crippen LogP) is 3.09. The van der Waals surface area contributed by atoms with Crippen LogP contribution in [0.2, 0.25) is 0 Å². The van der Waals surface area contributed by atoms with Crippen molar-refractivity contribution in [2.45, 2.75) is 17.4 Å². The topological polar surface area (TPSA) is 54.5 Å². The monoisotopic (exact) mass is 375 g/mol. The van der Waals surface area contributed by atoms with E-state index in [1.54, 1.807) is 11.9 Å². The van der Waals surface area contributed by atoms with Gasteiger partial charge in [0.2, 0.25) is 5.91 Å². The Labute approximate surface area is 153 Å². The normalized spacial score (nSPS) is 18.8. The van der Waals surface area contributed by atoms with Crippen LogP contribution in [-0.4, -0.2) is 49.6 Å². The van der Waals surface area contributed by atoms with E-state index in [0.29, 0.717) is 12.2 Å². The van der Waals surface area contributed by atoms with Crippen LogP contribution in [0.4, 0.5) is 0 Å². The van der Waals surface area contributed by atoms with Crippen molar-refractivity contribution < 1.29 is 13.2 Å². The Bertz CT molecular complexity index is 833. The summed E-state index contributed by atoms with van der Waals surface area (Å²) in [6, 6.07) is 18.1. The Morgan fingerprint density at radius 1 is 1.08 bits per heavy atom. The number of carbonyl (C=O) groups is 1. The third-order valence-electron chi connectivity index (χ3n) is 4.47. The van der Waals surface area contributed by atoms with Crippen LogP contribution >= 0.6 is 11.8 Å². The van der Waals surface area contributed by atoms with Crippen LogP contribution in [0.15, 0.2) is 59.5 Å². The summed E-state index contributed by atoms with van der Waals surface area (Å²) in [5.41, 5.74) is 2.31. The van der Waals surface area contributed by atoms with Crippen molar-refractivity contribution in [2.75, 3.05) is 24.3 Å². The first-order valence-electron chi connectivity index (χ1n) is 8.19. The number of thioether (sulfide) groups is 1. The minimum Gasteiger partial charge on any atom is -0.341 e. The zero-order valence-electron chi connectivity index (χ0n) is 14.1. The molecule has 1 heterocycles. The molecule has 0 radical (unpaired) electrons. The predicted molar refractivity (Wildman–Crippen MR) is 102 cm³/mol. The molecule has 1 aliphatic rings. The Balaban J connectivity index is 1.55. The molecule has 2 aromatic carbocycles. The zero-order chi connectivity index (χ0) is 17.9. The highest BCUT2D eigenvalue weighted by Gasteiger charge is 2.32. The van der Waals surface area contributed by atoms with Crippen LogP contribution < -0.4 is 0 Å². The van der Waals surface area contributed by atoms with Crippen molar-refractivity contribution >= 4 is 27.5 Å². The van der Waals surface area contributed by atoms with E-state index in [9.17, 15) is 13.2 Å². The summed E-state index contributed by atoms with van der Waals surface area (Å²) in [6.45, 7) is 0. The summed E-state index contributed by atoms with van der Waals surface area (Å²) in [7, 11) is -1.27. The van der Waals surface area contributed by atoms with Gasteiger partial charge < -0.3 is 4.90 Å². The van der Waals surface area contributed by atoms with E-state index >= 15 is 0 Å². The second kappa shape index (κ2) is 7.62. The smallest absolute Gasteiger partial charge is 0.232 e. The molecule has 0 saturated carbocycles. The van der Waals surface area contributed by atoms with E-state index in [4.69, 9.17) is 0 Å². The van der Waals surface area contributed by atoms with Crippen LogP contribution in [0, 0.1) is 0 Å². The van der Waals surface area contributed by atoms with Crippen molar-refractivity contribution in [1.82, 2.24) is 4.90 Å². The fraction of sp³-hybridized carbons (Fsp3) is 0.316. The van der Waals surface area contributed by atoms with Gasteiger partial charge in [-0.3, -0.25) is 4.79 Å². The molecular weight excluding hydrogens is 354 g/mol. The average Bonchev–Trinajstić information content (AvgIpc) is 3.00. The number of rotatable bonds is 5. The SMILES string of the molecule is CN(C(=O)CSc1ccc(-c2ccccc2)cc1)C1CCS(=O)(=O)C1. The van der Waals surface area contributed by atoms with Crippen LogP contribution in [-0.2, 0) is 14.6 Å². The Kier molecular flexibility index (Phi) is 5.49. The van der Waals surface area contributed by atoms with Gasteiger partial charge in [-0.25, -0.2) is 8.42 Å². The molecule has 0 spiro atoms. The summed E-state index contributed by atoms with van der Waals surface area (Å²) in [6.07, 6.45) is 0.543. The zero-order valence-corrected chi connectivity index (χ0v) is 15.7. The van der Waals surface area contributed by atoms with E-state index in [-0.39, 0.29) is 23.5 Å². The fourth-order valence-electron chi connectivity index (χ4n) is 2.91. The van der Waals surface area contributed by atoms with Gasteiger partial charge in [0.1, 0.15) is 0 Å². The second-order valence-corrected chi connectivity index (χ2v) is 9.52. The van der Waals surface area contributed by atoms with Gasteiger partial charge in [0.25, 0.3) is 0 Å². The van der Waals surface area contributed by atoms with Gasteiger partial charge in [0, 0.05) is 18.0 Å². The molecule has 1 aliphatic heterocycles. The molecule has 0 aliphatic carbocycles. The van der Waals surface area contributed by atoms with Crippen molar-refractivity contribution in [3.63, 3.8) is 0 Å². The van der Waals surface area contributed by atoms with E-state index < -0.39 is 9.84 Å². The Morgan fingerprint density at radius 3 is 2.32 bits per heavy atom. The van der Waals surface area contributed by atoms with Crippen molar-refractivity contribution in [3.8, 4) is 11.1 Å². The number of hydrogen-bond donors (Lipinski definition) is 0. The summed E-state index contributed by atoms with van der Waals surface area (Å²) in [5.74, 6) is 0.562. The standard InChI is InChI=1S/C19H21NO3S2/c1-20(17-11-12-25(22,23)14-17)19(21)13-24-18-9-7-16(8-10-18)15-5-3-2-4-6-15/h2-10,17H,11-14H2,1H3. The second-order valence-electron chi connectivity index (χ2n) is 6.24. The highest BCUT2D eigenvalue weighted by atomic mass is 32.2. The van der Waals surface area contributed by atoms with E-state index in [1.165, 1.54) is 11.8 Å². The van der Waals surface area contributed by atoms with Crippen molar-refractivity contribution in [2.24, 2.45) is 0 Å². The molecule has 0 N–H and O–H groups in total. The number of benzene rings is 2. The molecule has 1 amide bonds. The molecular formula is C19H21NO3S2. The molecule has 25 heavy (non-hydrogen) atoms. The highest BCUT2D eigenvalue weighted by Crippen LogP contribution is 2.25. The van der Waals surface area contributed by atoms with E-state index in [2.05, 4.69) is 24.3 Å². The number of carbonyl (C=O) groups excluding carboxylic acids is 1. The molecule has 1 unspecified atom stereocenters. The summed E-state index contributed by atoms with van der Waals surface area (Å²) in [4.78, 5) is 14.9. The van der Waals surface area contributed by atoms with Crippen molar-refractivity contribution in [1.29, 1.82) is 0 Å². The molecule has 132 valence electrons. The van der Waals surface area contributed by atoms with Gasteiger partial charge in [-0.1, -0.05) is 42.5 Å². The quantitative estimate of drug-likeness (QED) is 0.754. The van der Waals surface area contributed by atoms with E-state index in [0.717, 1.165) is 16.0 Å². The van der Waals surface area contributed by atoms with Gasteiger partial charge in [0.05, 0.1) is 17.3 Å². The van der Waals surface area contributed by atoms with Gasteiger partial charge in [0.15, 0.2) is 9.84 Å². The van der Waals surface area contributed by atoms with Crippen LogP contribution in [0.25, 0.3) is 11.1 Å². The number of sulfone groups is 1. The molecule has 1 saturated heterocycles. The van der Waals surface area contributed by atoms with E-state index in [1.807, 2.05) is 30.3 Å². The third-order valence-corrected chi connectivity index (χ3v) is 7.22. The molecule has 1 atom stereocenters. The first-order chi connectivity index (χ1) is 11.9. The summed E-state index contributed by atoms with van der Waals surface area (Å²) < 4.78 is 23.1. The third kappa shape index (κ3) is 4.64. The molecule has 0 aromatic heterocycles. The lowest BCUT2D eigenvalue weighted by molar-refractivity contribution is -0.128. The van der Waals surface area contributed by atoms with Gasteiger partial charge in [-0.15, -0.1) is 11.8 Å². The Hall–Kier alpha value is -1.79. The van der Waals surface area contributed by atoms with Gasteiger partial charge in [-0.05, 0) is 29.7 Å². The first-order valence-corrected chi connectivity index (χ1v) is 11.0. The van der Waals surface area contributed by atoms with Crippen LogP contribution in [0.3, 0.4) is 0 Å². The van der Waals surface area contributed by atoms with Crippen LogP contribution in [0.5, 0.6) is 0 Å². The van der Waals surface area contributed by atoms with Crippen LogP contribution in [0.1, 0.15) is 6.42 Å². The number of amides is 1. The largest absolute Gasteiger partial charge is 0.341 e. The minimum atomic E-state index is -2.97. The van der Waals surface area contributed by atoms with Gasteiger partial charge in [-0.2, -0.15) is 0 Å². The lowest BCUT2D eigenvalue weighted by Crippen LogP contribution is -2.38. The number of hydrogen-bond acceptors (Lipinski definition) is 4. The molecule has 3 rings (SSSR count). The lowest BCUT2D eigenvalue weighted by Gasteiger charge is -2.23. The average molecular weight is 376 g/mol. The highest BCUT2D eigenvalue weighted by molar-refractivity contribution is 8.00. The van der Waals surface area contributed by atoms with Crippen molar-refractivity contribution in [3.05, 3.63) is 54.6 Å².